The molecule has 2 aromatic heterocycles. The quantitative estimate of drug-likeness (QED) is 0.306. The Morgan fingerprint density at radius 3 is 2.64 bits per heavy atom. The van der Waals surface area contributed by atoms with Gasteiger partial charge in [-0.3, -0.25) is 9.59 Å². The van der Waals surface area contributed by atoms with E-state index in [-0.39, 0.29) is 23.0 Å². The number of amides is 1. The van der Waals surface area contributed by atoms with E-state index >= 15 is 0 Å². The van der Waals surface area contributed by atoms with Crippen molar-refractivity contribution in [3.63, 3.8) is 0 Å². The van der Waals surface area contributed by atoms with Gasteiger partial charge in [0.05, 0.1) is 24.9 Å². The fourth-order valence-corrected chi connectivity index (χ4v) is 3.90. The van der Waals surface area contributed by atoms with Crippen LogP contribution in [0, 0.1) is 19.7 Å². The molecule has 6 nitrogen and oxygen atoms in total. The molecule has 0 aliphatic carbocycles. The van der Waals surface area contributed by atoms with Crippen LogP contribution in [0.5, 0.6) is 5.88 Å². The van der Waals surface area contributed by atoms with Crippen LogP contribution in [0.25, 0.3) is 10.9 Å². The molecule has 168 valence electrons. The van der Waals surface area contributed by atoms with E-state index in [0.29, 0.717) is 22.3 Å². The fraction of sp³-hybridized carbons (Fsp3) is 0.160. The third kappa shape index (κ3) is 4.45. The smallest absolute Gasteiger partial charge is 0.299 e. The van der Waals surface area contributed by atoms with Crippen LogP contribution in [-0.2, 0) is 11.3 Å². The summed E-state index contributed by atoms with van der Waals surface area (Å²) in [5, 5.41) is 0.899. The maximum atomic E-state index is 14.6. The van der Waals surface area contributed by atoms with E-state index in [2.05, 4.69) is 9.97 Å². The van der Waals surface area contributed by atoms with Gasteiger partial charge >= 0.3 is 0 Å². The molecule has 0 aliphatic rings. The second kappa shape index (κ2) is 9.03. The molecule has 8 heteroatoms. The van der Waals surface area contributed by atoms with Crippen molar-refractivity contribution in [2.75, 3.05) is 12.0 Å². The van der Waals surface area contributed by atoms with Crippen molar-refractivity contribution < 1.29 is 18.7 Å². The van der Waals surface area contributed by atoms with Gasteiger partial charge in [-0.25, -0.2) is 9.37 Å². The molecule has 0 radical (unpaired) electrons. The summed E-state index contributed by atoms with van der Waals surface area (Å²) in [6.45, 7) is 3.48. The number of Topliss-reactive ketones (excluding diaryl/α,β-unsaturated/α-hetero) is 1. The molecule has 1 N–H and O–H groups in total. The third-order valence-corrected chi connectivity index (χ3v) is 5.63. The minimum absolute atomic E-state index is 0.179. The van der Waals surface area contributed by atoms with Gasteiger partial charge in [-0.2, -0.15) is 0 Å². The number of H-pyrrole nitrogens is 1. The molecule has 4 aromatic rings. The normalized spacial score (nSPS) is 10.9. The number of carbonyl (C=O) groups is 2. The monoisotopic (exact) mass is 465 g/mol. The van der Waals surface area contributed by atoms with Crippen LogP contribution in [0.2, 0.25) is 5.02 Å². The first-order valence-corrected chi connectivity index (χ1v) is 10.6. The number of rotatable bonds is 6. The Balaban J connectivity index is 1.79. The molecule has 4 rings (SSSR count). The number of hydrogen-bond acceptors (Lipinski definition) is 4. The van der Waals surface area contributed by atoms with Gasteiger partial charge < -0.3 is 14.6 Å². The first kappa shape index (κ1) is 22.5. The number of carbonyl (C=O) groups excluding carboxylic acids is 2. The number of nitrogens with one attached hydrogen (secondary N) is 1. The summed E-state index contributed by atoms with van der Waals surface area (Å²) < 4.78 is 19.7. The molecule has 33 heavy (non-hydrogen) atoms. The molecule has 2 heterocycles. The van der Waals surface area contributed by atoms with Crippen molar-refractivity contribution in [3.8, 4) is 5.88 Å². The van der Waals surface area contributed by atoms with Crippen LogP contribution >= 0.6 is 11.6 Å². The average molecular weight is 466 g/mol. The lowest BCUT2D eigenvalue weighted by Crippen LogP contribution is -2.36. The lowest BCUT2D eigenvalue weighted by atomic mass is 10.0. The number of aromatic amines is 1. The Bertz CT molecular complexity index is 1380. The van der Waals surface area contributed by atoms with Crippen molar-refractivity contribution in [3.05, 3.63) is 88.0 Å². The molecular weight excluding hydrogens is 445 g/mol. The number of benzene rings is 2. The van der Waals surface area contributed by atoms with Gasteiger partial charge in [0.15, 0.2) is 0 Å². The molecule has 0 saturated heterocycles. The topological polar surface area (TPSA) is 75.3 Å². The van der Waals surface area contributed by atoms with E-state index in [1.807, 2.05) is 25.1 Å². The molecule has 0 aliphatic heterocycles. The van der Waals surface area contributed by atoms with E-state index in [1.165, 1.54) is 42.5 Å². The number of nitrogens with zero attached hydrogens (tertiary/aromatic N) is 2. The lowest BCUT2D eigenvalue weighted by molar-refractivity contribution is -0.114. The maximum absolute atomic E-state index is 14.6. The third-order valence-electron chi connectivity index (χ3n) is 5.39. The number of ketones is 1. The highest BCUT2D eigenvalue weighted by Gasteiger charge is 2.29. The van der Waals surface area contributed by atoms with Crippen LogP contribution in [0.4, 0.5) is 10.1 Å². The van der Waals surface area contributed by atoms with Crippen LogP contribution < -0.4 is 9.64 Å². The van der Waals surface area contributed by atoms with Crippen molar-refractivity contribution >= 4 is 39.9 Å². The molecule has 1 amide bonds. The Hall–Kier alpha value is -3.71. The van der Waals surface area contributed by atoms with Gasteiger partial charge in [0, 0.05) is 39.4 Å². The highest BCUT2D eigenvalue weighted by molar-refractivity contribution is 6.49. The molecular formula is C25H21ClFN3O3. The van der Waals surface area contributed by atoms with Crippen LogP contribution in [0.15, 0.2) is 54.7 Å². The number of halogens is 2. The zero-order valence-electron chi connectivity index (χ0n) is 18.3. The van der Waals surface area contributed by atoms with Crippen molar-refractivity contribution in [1.29, 1.82) is 0 Å². The lowest BCUT2D eigenvalue weighted by Gasteiger charge is -2.23. The summed E-state index contributed by atoms with van der Waals surface area (Å²) in [7, 11) is 1.44. The Morgan fingerprint density at radius 2 is 1.91 bits per heavy atom. The molecule has 0 unspecified atom stereocenters. The van der Waals surface area contributed by atoms with E-state index in [9.17, 15) is 14.0 Å². The van der Waals surface area contributed by atoms with Crippen LogP contribution in [0.1, 0.15) is 27.2 Å². The first-order chi connectivity index (χ1) is 15.8. The Labute approximate surface area is 195 Å². The van der Waals surface area contributed by atoms with Gasteiger partial charge in [0.1, 0.15) is 5.82 Å². The summed E-state index contributed by atoms with van der Waals surface area (Å²) in [5.74, 6) is -1.82. The molecule has 2 aromatic carbocycles. The zero-order valence-corrected chi connectivity index (χ0v) is 19.0. The number of aryl methyl sites for hydroxylation is 2. The zero-order chi connectivity index (χ0) is 23.7. The molecule has 0 saturated carbocycles. The molecule has 0 fully saturated rings. The Morgan fingerprint density at radius 1 is 1.12 bits per heavy atom. The van der Waals surface area contributed by atoms with E-state index in [4.69, 9.17) is 16.3 Å². The van der Waals surface area contributed by atoms with Crippen LogP contribution in [0.3, 0.4) is 0 Å². The van der Waals surface area contributed by atoms with Crippen molar-refractivity contribution in [2.45, 2.75) is 20.4 Å². The minimum Gasteiger partial charge on any atom is -0.481 e. The van der Waals surface area contributed by atoms with Gasteiger partial charge in [0.25, 0.3) is 11.7 Å². The second-order valence-electron chi connectivity index (χ2n) is 7.69. The Kier molecular flexibility index (Phi) is 6.16. The standard InChI is InChI=1S/C25H21ClFN3O3/c1-14-4-7-21-19(10-14)23(15(2)29-21)24(31)25(32)30(18-8-9-28-22(12-18)33-3)13-16-5-6-17(26)11-20(16)27/h4-12,29H,13H2,1-3H3. The minimum atomic E-state index is -0.803. The maximum Gasteiger partial charge on any atom is 0.299 e. The number of methoxy groups -OCH3 is 1. The average Bonchev–Trinajstić information content (AvgIpc) is 3.12. The number of pyridine rings is 1. The fourth-order valence-electron chi connectivity index (χ4n) is 3.74. The molecule has 0 bridgehead atoms. The highest BCUT2D eigenvalue weighted by Crippen LogP contribution is 2.28. The van der Waals surface area contributed by atoms with E-state index in [1.54, 1.807) is 13.0 Å². The predicted octanol–water partition coefficient (Wildman–Crippen LogP) is 5.40. The SMILES string of the molecule is COc1cc(N(Cc2ccc(Cl)cc2F)C(=O)C(=O)c2c(C)[nH]c3ccc(C)cc23)ccn1. The second-order valence-corrected chi connectivity index (χ2v) is 8.12. The van der Waals surface area contributed by atoms with Crippen molar-refractivity contribution in [2.24, 2.45) is 0 Å². The van der Waals surface area contributed by atoms with Gasteiger partial charge in [-0.1, -0.05) is 29.3 Å². The number of anilines is 1. The number of fused-ring (bicyclic) bond motifs is 1. The summed E-state index contributed by atoms with van der Waals surface area (Å²) >= 11 is 5.87. The largest absolute Gasteiger partial charge is 0.481 e. The summed E-state index contributed by atoms with van der Waals surface area (Å²) in [4.78, 5) is 35.5. The summed E-state index contributed by atoms with van der Waals surface area (Å²) in [6.07, 6.45) is 1.46. The number of ether oxygens (including phenoxy) is 1. The van der Waals surface area contributed by atoms with Crippen molar-refractivity contribution in [1.82, 2.24) is 9.97 Å². The number of hydrogen-bond donors (Lipinski definition) is 1. The first-order valence-electron chi connectivity index (χ1n) is 10.2. The van der Waals surface area contributed by atoms with Gasteiger partial charge in [-0.05, 0) is 44.2 Å². The molecule has 0 atom stereocenters. The van der Waals surface area contributed by atoms with Gasteiger partial charge in [-0.15, -0.1) is 0 Å². The summed E-state index contributed by atoms with van der Waals surface area (Å²) in [5.41, 5.74) is 3.16. The summed E-state index contributed by atoms with van der Waals surface area (Å²) in [6, 6.07) is 12.9. The number of aromatic nitrogens is 2. The van der Waals surface area contributed by atoms with Gasteiger partial charge in [0.2, 0.25) is 5.88 Å². The molecule has 0 spiro atoms. The van der Waals surface area contributed by atoms with E-state index < -0.39 is 17.5 Å². The van der Waals surface area contributed by atoms with E-state index in [0.717, 1.165) is 11.1 Å². The highest BCUT2D eigenvalue weighted by atomic mass is 35.5. The van der Waals surface area contributed by atoms with Crippen LogP contribution in [-0.4, -0.2) is 28.8 Å². The predicted molar refractivity (Wildman–Crippen MR) is 125 cm³/mol.